The number of nitrogens with one attached hydrogen (secondary N) is 1. The summed E-state index contributed by atoms with van der Waals surface area (Å²) < 4.78 is 12.8. The van der Waals surface area contributed by atoms with Crippen LogP contribution in [-0.2, 0) is 10.2 Å². The molecule has 0 bridgehead atoms. The second kappa shape index (κ2) is 6.97. The maximum Gasteiger partial charge on any atom is 0.234 e. The minimum atomic E-state index is -0.314. The Morgan fingerprint density at radius 2 is 1.64 bits per heavy atom. The molecule has 2 nitrogen and oxygen atoms in total. The number of benzene rings is 2. The van der Waals surface area contributed by atoms with Gasteiger partial charge in [-0.05, 0) is 47.4 Å². The Hall–Kier alpha value is -1.81. The van der Waals surface area contributed by atoms with Gasteiger partial charge in [0.2, 0.25) is 5.91 Å². The third-order valence-electron chi connectivity index (χ3n) is 3.22. The molecule has 0 saturated carbocycles. The molecule has 4 heteroatoms. The third kappa shape index (κ3) is 4.88. The van der Waals surface area contributed by atoms with Crippen LogP contribution in [0.2, 0.25) is 0 Å². The molecule has 0 aliphatic carbocycles. The summed E-state index contributed by atoms with van der Waals surface area (Å²) in [5.41, 5.74) is 2.01. The summed E-state index contributed by atoms with van der Waals surface area (Å²) in [5.74, 6) is -0.0884. The van der Waals surface area contributed by atoms with E-state index < -0.39 is 0 Å². The number of anilines is 1. The normalized spacial score (nSPS) is 11.3. The largest absolute Gasteiger partial charge is 0.325 e. The van der Waals surface area contributed by atoms with Crippen molar-refractivity contribution in [3.05, 3.63) is 59.9 Å². The fraction of sp³-hybridized carbons (Fsp3) is 0.278. The summed E-state index contributed by atoms with van der Waals surface area (Å²) >= 11 is 1.48. The lowest BCUT2D eigenvalue weighted by molar-refractivity contribution is -0.113. The van der Waals surface area contributed by atoms with Gasteiger partial charge >= 0.3 is 0 Å². The van der Waals surface area contributed by atoms with E-state index >= 15 is 0 Å². The zero-order valence-corrected chi connectivity index (χ0v) is 13.8. The van der Waals surface area contributed by atoms with Crippen LogP contribution in [0, 0.1) is 5.82 Å². The van der Waals surface area contributed by atoms with Gasteiger partial charge in [-0.15, -0.1) is 11.8 Å². The lowest BCUT2D eigenvalue weighted by Gasteiger charge is -2.19. The Bertz CT molecular complexity index is 630. The summed E-state index contributed by atoms with van der Waals surface area (Å²) in [4.78, 5) is 12.9. The Balaban J connectivity index is 1.87. The van der Waals surface area contributed by atoms with Crippen molar-refractivity contribution in [1.82, 2.24) is 0 Å². The number of hydrogen-bond acceptors (Lipinski definition) is 2. The van der Waals surface area contributed by atoms with Crippen molar-refractivity contribution in [2.75, 3.05) is 11.1 Å². The molecular formula is C18H20FNOS. The monoisotopic (exact) mass is 317 g/mol. The lowest BCUT2D eigenvalue weighted by Crippen LogP contribution is -2.14. The van der Waals surface area contributed by atoms with E-state index in [2.05, 4.69) is 38.2 Å². The van der Waals surface area contributed by atoms with Crippen LogP contribution < -0.4 is 5.32 Å². The predicted molar refractivity (Wildman–Crippen MR) is 90.9 cm³/mol. The van der Waals surface area contributed by atoms with E-state index in [1.807, 2.05) is 12.1 Å². The van der Waals surface area contributed by atoms with Gasteiger partial charge in [0.1, 0.15) is 5.82 Å². The van der Waals surface area contributed by atoms with Gasteiger partial charge in [0.05, 0.1) is 5.75 Å². The van der Waals surface area contributed by atoms with E-state index in [0.29, 0.717) is 11.4 Å². The summed E-state index contributed by atoms with van der Waals surface area (Å²) in [6.07, 6.45) is 0. The predicted octanol–water partition coefficient (Wildman–Crippen LogP) is 4.85. The molecule has 1 N–H and O–H groups in total. The minimum Gasteiger partial charge on any atom is -0.325 e. The number of amides is 1. The van der Waals surface area contributed by atoms with Crippen LogP contribution in [0.25, 0.3) is 0 Å². The SMILES string of the molecule is CC(C)(C)c1ccc(SCC(=O)Nc2ccc(F)cc2)cc1. The lowest BCUT2D eigenvalue weighted by atomic mass is 9.87. The van der Waals surface area contributed by atoms with Gasteiger partial charge in [-0.3, -0.25) is 4.79 Å². The first-order chi connectivity index (χ1) is 10.3. The standard InChI is InChI=1S/C18H20FNOS/c1-18(2,3)13-4-10-16(11-5-13)22-12-17(21)20-15-8-6-14(19)7-9-15/h4-11H,12H2,1-3H3,(H,20,21). The molecule has 1 amide bonds. The van der Waals surface area contributed by atoms with Crippen LogP contribution in [0.4, 0.5) is 10.1 Å². The van der Waals surface area contributed by atoms with Crippen LogP contribution in [0.3, 0.4) is 0 Å². The van der Waals surface area contributed by atoms with Crippen LogP contribution >= 0.6 is 11.8 Å². The summed E-state index contributed by atoms with van der Waals surface area (Å²) in [6, 6.07) is 14.0. The van der Waals surface area contributed by atoms with Gasteiger partial charge in [0.25, 0.3) is 0 Å². The smallest absolute Gasteiger partial charge is 0.234 e. The number of carbonyl (C=O) groups is 1. The average Bonchev–Trinajstić information content (AvgIpc) is 2.47. The molecule has 0 aliphatic rings. The van der Waals surface area contributed by atoms with Gasteiger partial charge in [-0.1, -0.05) is 32.9 Å². The van der Waals surface area contributed by atoms with Gasteiger partial charge < -0.3 is 5.32 Å². The molecule has 0 heterocycles. The molecule has 0 aliphatic heterocycles. The fourth-order valence-electron chi connectivity index (χ4n) is 1.93. The second-order valence-electron chi connectivity index (χ2n) is 6.12. The van der Waals surface area contributed by atoms with Crippen molar-refractivity contribution < 1.29 is 9.18 Å². The van der Waals surface area contributed by atoms with E-state index in [9.17, 15) is 9.18 Å². The third-order valence-corrected chi connectivity index (χ3v) is 4.23. The number of rotatable bonds is 4. The maximum atomic E-state index is 12.8. The molecule has 0 saturated heterocycles. The quantitative estimate of drug-likeness (QED) is 0.816. The first-order valence-corrected chi connectivity index (χ1v) is 8.12. The summed E-state index contributed by atoms with van der Waals surface area (Å²) in [6.45, 7) is 6.52. The number of halogens is 1. The average molecular weight is 317 g/mol. The molecular weight excluding hydrogens is 297 g/mol. The zero-order valence-electron chi connectivity index (χ0n) is 13.0. The summed E-state index contributed by atoms with van der Waals surface area (Å²) in [7, 11) is 0. The van der Waals surface area contributed by atoms with Gasteiger partial charge in [0, 0.05) is 10.6 Å². The number of hydrogen-bond donors (Lipinski definition) is 1. The molecule has 116 valence electrons. The van der Waals surface area contributed by atoms with Crippen molar-refractivity contribution >= 4 is 23.4 Å². The van der Waals surface area contributed by atoms with E-state index in [4.69, 9.17) is 0 Å². The highest BCUT2D eigenvalue weighted by Crippen LogP contribution is 2.25. The molecule has 0 aromatic heterocycles. The molecule has 0 fully saturated rings. The molecule has 0 spiro atoms. The second-order valence-corrected chi connectivity index (χ2v) is 7.17. The van der Waals surface area contributed by atoms with Crippen LogP contribution in [-0.4, -0.2) is 11.7 Å². The van der Waals surface area contributed by atoms with E-state index in [1.54, 1.807) is 12.1 Å². The van der Waals surface area contributed by atoms with Crippen molar-refractivity contribution in [2.24, 2.45) is 0 Å². The molecule has 2 aromatic rings. The Labute approximate surface area is 135 Å². The topological polar surface area (TPSA) is 29.1 Å². The van der Waals surface area contributed by atoms with Crippen molar-refractivity contribution in [3.8, 4) is 0 Å². The van der Waals surface area contributed by atoms with E-state index in [1.165, 1.54) is 29.5 Å². The van der Waals surface area contributed by atoms with Gasteiger partial charge in [-0.2, -0.15) is 0 Å². The summed E-state index contributed by atoms with van der Waals surface area (Å²) in [5, 5.41) is 2.75. The first-order valence-electron chi connectivity index (χ1n) is 7.13. The Kier molecular flexibility index (Phi) is 5.24. The zero-order chi connectivity index (χ0) is 16.2. The Morgan fingerprint density at radius 1 is 1.05 bits per heavy atom. The van der Waals surface area contributed by atoms with Crippen LogP contribution in [0.5, 0.6) is 0 Å². The molecule has 22 heavy (non-hydrogen) atoms. The fourth-order valence-corrected chi connectivity index (χ4v) is 2.63. The molecule has 0 unspecified atom stereocenters. The highest BCUT2D eigenvalue weighted by atomic mass is 32.2. The van der Waals surface area contributed by atoms with E-state index in [-0.39, 0.29) is 17.1 Å². The highest BCUT2D eigenvalue weighted by Gasteiger charge is 2.13. The molecule has 0 radical (unpaired) electrons. The first kappa shape index (κ1) is 16.6. The molecule has 0 atom stereocenters. The van der Waals surface area contributed by atoms with Crippen molar-refractivity contribution in [2.45, 2.75) is 31.1 Å². The maximum absolute atomic E-state index is 12.8. The minimum absolute atomic E-state index is 0.100. The highest BCUT2D eigenvalue weighted by molar-refractivity contribution is 8.00. The van der Waals surface area contributed by atoms with Crippen LogP contribution in [0.15, 0.2) is 53.4 Å². The van der Waals surface area contributed by atoms with Crippen molar-refractivity contribution in [3.63, 3.8) is 0 Å². The van der Waals surface area contributed by atoms with Gasteiger partial charge in [-0.25, -0.2) is 4.39 Å². The number of thioether (sulfide) groups is 1. The van der Waals surface area contributed by atoms with Gasteiger partial charge in [0.15, 0.2) is 0 Å². The number of carbonyl (C=O) groups excluding carboxylic acids is 1. The molecule has 2 rings (SSSR count). The van der Waals surface area contributed by atoms with Crippen LogP contribution in [0.1, 0.15) is 26.3 Å². The van der Waals surface area contributed by atoms with E-state index in [0.717, 1.165) is 4.90 Å². The Morgan fingerprint density at radius 3 is 2.18 bits per heavy atom. The van der Waals surface area contributed by atoms with Crippen molar-refractivity contribution in [1.29, 1.82) is 0 Å². The molecule has 2 aromatic carbocycles.